The highest BCUT2D eigenvalue weighted by Gasteiger charge is 2.31. The van der Waals surface area contributed by atoms with Gasteiger partial charge < -0.3 is 20.1 Å². The molecule has 28 heavy (non-hydrogen) atoms. The first-order chi connectivity index (χ1) is 13.3. The van der Waals surface area contributed by atoms with Gasteiger partial charge >= 0.3 is 18.0 Å². The Labute approximate surface area is 170 Å². The van der Waals surface area contributed by atoms with Gasteiger partial charge in [0.2, 0.25) is 0 Å². The maximum absolute atomic E-state index is 13.7. The van der Waals surface area contributed by atoms with Crippen molar-refractivity contribution < 1.29 is 28.2 Å². The van der Waals surface area contributed by atoms with E-state index in [9.17, 15) is 18.8 Å². The summed E-state index contributed by atoms with van der Waals surface area (Å²) in [5.41, 5.74) is 0.571. The largest absolute Gasteiger partial charge is 0.463 e. The highest BCUT2D eigenvalue weighted by atomic mass is 79.9. The fourth-order valence-corrected chi connectivity index (χ4v) is 2.95. The molecule has 1 aliphatic rings. The van der Waals surface area contributed by atoms with Gasteiger partial charge in [-0.2, -0.15) is 0 Å². The summed E-state index contributed by atoms with van der Waals surface area (Å²) in [5, 5.41) is 5.10. The van der Waals surface area contributed by atoms with Crippen molar-refractivity contribution in [3.05, 3.63) is 51.4 Å². The Bertz CT molecular complexity index is 838. The second-order valence-electron chi connectivity index (χ2n) is 5.78. The Morgan fingerprint density at radius 2 is 2.04 bits per heavy atom. The van der Waals surface area contributed by atoms with E-state index in [1.807, 2.05) is 0 Å². The third-order valence-electron chi connectivity index (χ3n) is 3.86. The third kappa shape index (κ3) is 5.66. The predicted molar refractivity (Wildman–Crippen MR) is 103 cm³/mol. The van der Waals surface area contributed by atoms with Crippen molar-refractivity contribution in [1.29, 1.82) is 0 Å². The predicted octanol–water partition coefficient (Wildman–Crippen LogP) is 3.05. The maximum Gasteiger partial charge on any atom is 0.338 e. The molecule has 0 radical (unpaired) electrons. The minimum atomic E-state index is -0.754. The summed E-state index contributed by atoms with van der Waals surface area (Å²) in [7, 11) is 0. The third-order valence-corrected chi connectivity index (χ3v) is 4.36. The number of halogens is 2. The van der Waals surface area contributed by atoms with Crippen molar-refractivity contribution in [2.45, 2.75) is 26.3 Å². The van der Waals surface area contributed by atoms with E-state index in [1.54, 1.807) is 19.9 Å². The summed E-state index contributed by atoms with van der Waals surface area (Å²) in [5.74, 6) is -1.84. The molecule has 2 rings (SSSR count). The summed E-state index contributed by atoms with van der Waals surface area (Å²) in [6.07, 6.45) is 2.80. The number of hydrogen-bond donors (Lipinski definition) is 2. The number of benzene rings is 1. The molecule has 7 nitrogen and oxygen atoms in total. The molecular formula is C19H20BrFN2O5. The van der Waals surface area contributed by atoms with Crippen LogP contribution in [0.2, 0.25) is 0 Å². The molecule has 2 amide bonds. The number of rotatable bonds is 7. The minimum Gasteiger partial charge on any atom is -0.463 e. The summed E-state index contributed by atoms with van der Waals surface area (Å²) >= 11 is 3.22. The van der Waals surface area contributed by atoms with Crippen LogP contribution in [0.15, 0.2) is 40.0 Å². The normalized spacial score (nSPS) is 16.6. The van der Waals surface area contributed by atoms with Crippen molar-refractivity contribution >= 4 is 40.0 Å². The van der Waals surface area contributed by atoms with Crippen LogP contribution >= 0.6 is 15.9 Å². The molecule has 9 heteroatoms. The molecule has 1 aromatic rings. The van der Waals surface area contributed by atoms with Crippen LogP contribution in [0.4, 0.5) is 9.18 Å². The zero-order valence-corrected chi connectivity index (χ0v) is 17.0. The van der Waals surface area contributed by atoms with E-state index < -0.39 is 29.8 Å². The van der Waals surface area contributed by atoms with Gasteiger partial charge in [-0.15, -0.1) is 0 Å². The molecule has 0 spiro atoms. The molecule has 1 heterocycles. The van der Waals surface area contributed by atoms with E-state index in [1.165, 1.54) is 18.2 Å². The Morgan fingerprint density at radius 3 is 2.71 bits per heavy atom. The van der Waals surface area contributed by atoms with E-state index in [4.69, 9.17) is 9.47 Å². The first-order valence-electron chi connectivity index (χ1n) is 8.63. The SMILES string of the molecule is CCOC(=O)C1=C(COC(=O)/C=C/c2cc(Br)ccc2F)NC(=O)NC1CC. The zero-order valence-electron chi connectivity index (χ0n) is 15.4. The average molecular weight is 455 g/mol. The van der Waals surface area contributed by atoms with Crippen LogP contribution in [0.5, 0.6) is 0 Å². The Hall–Kier alpha value is -2.68. The van der Waals surface area contributed by atoms with Crippen molar-refractivity contribution in [1.82, 2.24) is 10.6 Å². The van der Waals surface area contributed by atoms with Gasteiger partial charge in [0, 0.05) is 16.1 Å². The van der Waals surface area contributed by atoms with Gasteiger partial charge in [0.1, 0.15) is 12.4 Å². The lowest BCUT2D eigenvalue weighted by Crippen LogP contribution is -2.51. The van der Waals surface area contributed by atoms with Gasteiger partial charge in [-0.1, -0.05) is 22.9 Å². The topological polar surface area (TPSA) is 93.7 Å². The molecule has 0 saturated heterocycles. The molecule has 0 bridgehead atoms. The molecule has 150 valence electrons. The fourth-order valence-electron chi connectivity index (χ4n) is 2.57. The number of carbonyl (C=O) groups is 3. The van der Waals surface area contributed by atoms with E-state index in [0.717, 1.165) is 6.08 Å². The molecule has 1 unspecified atom stereocenters. The quantitative estimate of drug-likeness (QED) is 0.487. The molecule has 1 aromatic carbocycles. The molecule has 0 aliphatic carbocycles. The smallest absolute Gasteiger partial charge is 0.338 e. The van der Waals surface area contributed by atoms with E-state index in [0.29, 0.717) is 10.9 Å². The van der Waals surface area contributed by atoms with Crippen molar-refractivity contribution in [3.8, 4) is 0 Å². The summed E-state index contributed by atoms with van der Waals surface area (Å²) in [4.78, 5) is 36.0. The number of urea groups is 1. The molecule has 0 fully saturated rings. The number of carbonyl (C=O) groups excluding carboxylic acids is 3. The lowest BCUT2D eigenvalue weighted by Gasteiger charge is -2.28. The summed E-state index contributed by atoms with van der Waals surface area (Å²) in [6, 6.07) is 3.27. The van der Waals surface area contributed by atoms with Crippen molar-refractivity contribution in [2.24, 2.45) is 0 Å². The lowest BCUT2D eigenvalue weighted by molar-refractivity contribution is -0.140. The zero-order chi connectivity index (χ0) is 20.7. The molecule has 1 aliphatic heterocycles. The number of esters is 2. The molecule has 2 N–H and O–H groups in total. The highest BCUT2D eigenvalue weighted by Crippen LogP contribution is 2.18. The number of ether oxygens (including phenoxy) is 2. The van der Waals surface area contributed by atoms with Gasteiger partial charge in [0.25, 0.3) is 0 Å². The van der Waals surface area contributed by atoms with E-state index in [-0.39, 0.29) is 30.0 Å². The molecule has 1 atom stereocenters. The monoisotopic (exact) mass is 454 g/mol. The maximum atomic E-state index is 13.7. The van der Waals surface area contributed by atoms with Crippen LogP contribution in [-0.4, -0.2) is 37.2 Å². The minimum absolute atomic E-state index is 0.157. The highest BCUT2D eigenvalue weighted by molar-refractivity contribution is 9.10. The van der Waals surface area contributed by atoms with E-state index in [2.05, 4.69) is 26.6 Å². The van der Waals surface area contributed by atoms with Crippen LogP contribution in [0.3, 0.4) is 0 Å². The average Bonchev–Trinajstić information content (AvgIpc) is 2.66. The summed E-state index contributed by atoms with van der Waals surface area (Å²) < 4.78 is 24.5. The Morgan fingerprint density at radius 1 is 1.29 bits per heavy atom. The van der Waals surface area contributed by atoms with Crippen molar-refractivity contribution in [2.75, 3.05) is 13.2 Å². The van der Waals surface area contributed by atoms with E-state index >= 15 is 0 Å². The van der Waals surface area contributed by atoms with Gasteiger partial charge in [0.05, 0.1) is 23.9 Å². The number of hydrogen-bond acceptors (Lipinski definition) is 5. The first kappa shape index (κ1) is 21.6. The summed E-state index contributed by atoms with van der Waals surface area (Å²) in [6.45, 7) is 3.30. The number of amides is 2. The van der Waals surface area contributed by atoms with Crippen LogP contribution < -0.4 is 10.6 Å². The molecule has 0 aromatic heterocycles. The van der Waals surface area contributed by atoms with Crippen LogP contribution in [0.25, 0.3) is 6.08 Å². The second-order valence-corrected chi connectivity index (χ2v) is 6.69. The van der Waals surface area contributed by atoms with Crippen LogP contribution in [0, 0.1) is 5.82 Å². The Balaban J connectivity index is 2.13. The standard InChI is InChI=1S/C19H20BrFN2O5/c1-3-14-17(18(25)27-4-2)15(23-19(26)22-14)10-28-16(24)8-5-11-9-12(20)6-7-13(11)21/h5-9,14H,3-4,10H2,1-2H3,(H2,22,23,26)/b8-5+. The van der Waals surface area contributed by atoms with Gasteiger partial charge in [-0.25, -0.2) is 18.8 Å². The number of nitrogens with one attached hydrogen (secondary N) is 2. The fraction of sp³-hybridized carbons (Fsp3) is 0.316. The molecular weight excluding hydrogens is 435 g/mol. The van der Waals surface area contributed by atoms with Crippen molar-refractivity contribution in [3.63, 3.8) is 0 Å². The van der Waals surface area contributed by atoms with Gasteiger partial charge in [-0.3, -0.25) is 0 Å². The second kappa shape index (κ2) is 10.0. The lowest BCUT2D eigenvalue weighted by atomic mass is 10.0. The van der Waals surface area contributed by atoms with Gasteiger partial charge in [-0.05, 0) is 37.6 Å². The van der Waals surface area contributed by atoms with Crippen LogP contribution in [-0.2, 0) is 19.1 Å². The molecule has 0 saturated carbocycles. The van der Waals surface area contributed by atoms with Gasteiger partial charge in [0.15, 0.2) is 0 Å². The van der Waals surface area contributed by atoms with Crippen LogP contribution in [0.1, 0.15) is 25.8 Å². The Kier molecular flexibility index (Phi) is 7.74. The first-order valence-corrected chi connectivity index (χ1v) is 9.42.